The summed E-state index contributed by atoms with van der Waals surface area (Å²) in [7, 11) is 1.57. The Kier molecular flexibility index (Phi) is 5.52. The first kappa shape index (κ1) is 16.9. The van der Waals surface area contributed by atoms with Crippen LogP contribution in [0.5, 0.6) is 0 Å². The molecule has 0 bridgehead atoms. The summed E-state index contributed by atoms with van der Waals surface area (Å²) in [6.07, 6.45) is 0.137. The summed E-state index contributed by atoms with van der Waals surface area (Å²) < 4.78 is 19.4. The predicted octanol–water partition coefficient (Wildman–Crippen LogP) is 2.41. The van der Waals surface area contributed by atoms with Crippen molar-refractivity contribution < 1.29 is 18.7 Å². The molecule has 0 saturated carbocycles. The van der Waals surface area contributed by atoms with Crippen molar-refractivity contribution >= 4 is 33.4 Å². The van der Waals surface area contributed by atoms with Crippen LogP contribution < -0.4 is 5.32 Å². The number of nitrogens with zero attached hydrogens (tertiary/aromatic N) is 1. The van der Waals surface area contributed by atoms with Gasteiger partial charge in [0.1, 0.15) is 5.82 Å². The highest BCUT2D eigenvalue weighted by Gasteiger charge is 2.36. The molecule has 0 aromatic heterocycles. The van der Waals surface area contributed by atoms with Crippen molar-refractivity contribution in [3.8, 4) is 0 Å². The number of likely N-dealkylation sites (tertiary alicyclic amines) is 1. The molecular weight excluding hydrogens is 355 g/mol. The summed E-state index contributed by atoms with van der Waals surface area (Å²) >= 11 is 3.16. The predicted molar refractivity (Wildman–Crippen MR) is 83.9 cm³/mol. The van der Waals surface area contributed by atoms with Crippen molar-refractivity contribution in [2.24, 2.45) is 5.92 Å². The second kappa shape index (κ2) is 7.19. The van der Waals surface area contributed by atoms with Gasteiger partial charge in [0.15, 0.2) is 0 Å². The molecule has 1 aliphatic heterocycles. The first-order chi connectivity index (χ1) is 10.4. The number of benzene rings is 1. The van der Waals surface area contributed by atoms with Crippen LogP contribution in [-0.2, 0) is 14.3 Å². The highest BCUT2D eigenvalue weighted by Crippen LogP contribution is 2.24. The molecule has 7 heteroatoms. The van der Waals surface area contributed by atoms with Gasteiger partial charge in [0, 0.05) is 24.5 Å². The van der Waals surface area contributed by atoms with E-state index < -0.39 is 11.7 Å². The fourth-order valence-electron chi connectivity index (χ4n) is 2.49. The Hall–Kier alpha value is -1.47. The van der Waals surface area contributed by atoms with E-state index in [1.54, 1.807) is 18.1 Å². The second-order valence-corrected chi connectivity index (χ2v) is 6.28. The molecule has 1 aliphatic rings. The molecule has 0 aliphatic carbocycles. The number of anilines is 1. The SMILES string of the molecule is COC[C@H](C)N1C[C@@H](C(=O)Nc2ccc(Br)cc2F)CC1=O. The third kappa shape index (κ3) is 3.84. The summed E-state index contributed by atoms with van der Waals surface area (Å²) in [6.45, 7) is 2.62. The van der Waals surface area contributed by atoms with E-state index in [0.29, 0.717) is 17.6 Å². The molecule has 5 nitrogen and oxygen atoms in total. The largest absolute Gasteiger partial charge is 0.383 e. The summed E-state index contributed by atoms with van der Waals surface area (Å²) in [5, 5.41) is 2.55. The van der Waals surface area contributed by atoms with Gasteiger partial charge in [0.25, 0.3) is 0 Å². The van der Waals surface area contributed by atoms with Crippen molar-refractivity contribution in [3.05, 3.63) is 28.5 Å². The molecule has 1 N–H and O–H groups in total. The molecular formula is C15H18BrFN2O3. The van der Waals surface area contributed by atoms with Crippen molar-refractivity contribution in [2.75, 3.05) is 25.6 Å². The first-order valence-corrected chi connectivity index (χ1v) is 7.76. The van der Waals surface area contributed by atoms with E-state index in [9.17, 15) is 14.0 Å². The van der Waals surface area contributed by atoms with Gasteiger partial charge in [-0.25, -0.2) is 4.39 Å². The standard InChI is InChI=1S/C15H18BrFN2O3/c1-9(8-22-2)19-7-10(5-14(19)20)15(21)18-13-4-3-11(16)6-12(13)17/h3-4,6,9-10H,5,7-8H2,1-2H3,(H,18,21)/t9-,10-/m0/s1. The number of carbonyl (C=O) groups is 2. The number of rotatable bonds is 5. The number of carbonyl (C=O) groups excluding carboxylic acids is 2. The van der Waals surface area contributed by atoms with Gasteiger partial charge in [-0.1, -0.05) is 15.9 Å². The Labute approximate surface area is 136 Å². The van der Waals surface area contributed by atoms with E-state index >= 15 is 0 Å². The number of amides is 2. The summed E-state index contributed by atoms with van der Waals surface area (Å²) in [6, 6.07) is 4.33. The third-order valence-corrected chi connectivity index (χ3v) is 4.15. The van der Waals surface area contributed by atoms with E-state index in [4.69, 9.17) is 4.74 Å². The Morgan fingerprint density at radius 2 is 2.32 bits per heavy atom. The molecule has 0 radical (unpaired) electrons. The molecule has 1 saturated heterocycles. The minimum Gasteiger partial charge on any atom is -0.383 e. The molecule has 1 aromatic rings. The molecule has 0 spiro atoms. The average molecular weight is 373 g/mol. The first-order valence-electron chi connectivity index (χ1n) is 6.96. The normalized spacial score (nSPS) is 19.4. The van der Waals surface area contributed by atoms with Crippen LogP contribution in [0.1, 0.15) is 13.3 Å². The van der Waals surface area contributed by atoms with Crippen LogP contribution in [0.15, 0.2) is 22.7 Å². The number of nitrogens with one attached hydrogen (secondary N) is 1. The monoisotopic (exact) mass is 372 g/mol. The Balaban J connectivity index is 2.00. The van der Waals surface area contributed by atoms with Gasteiger partial charge in [-0.15, -0.1) is 0 Å². The summed E-state index contributed by atoms with van der Waals surface area (Å²) in [5.41, 5.74) is 0.115. The van der Waals surface area contributed by atoms with Crippen LogP contribution in [-0.4, -0.2) is 43.0 Å². The third-order valence-electron chi connectivity index (χ3n) is 3.66. The van der Waals surface area contributed by atoms with Crippen molar-refractivity contribution in [3.63, 3.8) is 0 Å². The van der Waals surface area contributed by atoms with Gasteiger partial charge in [-0.3, -0.25) is 9.59 Å². The van der Waals surface area contributed by atoms with E-state index in [2.05, 4.69) is 21.2 Å². The van der Waals surface area contributed by atoms with Crippen LogP contribution in [0.2, 0.25) is 0 Å². The molecule has 1 aromatic carbocycles. The number of halogens is 2. The van der Waals surface area contributed by atoms with Gasteiger partial charge in [0.05, 0.1) is 24.3 Å². The van der Waals surface area contributed by atoms with Crippen LogP contribution in [0.4, 0.5) is 10.1 Å². The van der Waals surface area contributed by atoms with Crippen molar-refractivity contribution in [2.45, 2.75) is 19.4 Å². The summed E-state index contributed by atoms with van der Waals surface area (Å²) in [4.78, 5) is 25.8. The lowest BCUT2D eigenvalue weighted by atomic mass is 10.1. The lowest BCUT2D eigenvalue weighted by molar-refractivity contribution is -0.130. The van der Waals surface area contributed by atoms with Crippen LogP contribution in [0.3, 0.4) is 0 Å². The highest BCUT2D eigenvalue weighted by atomic mass is 79.9. The van der Waals surface area contributed by atoms with E-state index in [1.807, 2.05) is 6.92 Å². The lowest BCUT2D eigenvalue weighted by Crippen LogP contribution is -2.38. The fourth-order valence-corrected chi connectivity index (χ4v) is 2.82. The van der Waals surface area contributed by atoms with Gasteiger partial charge in [-0.2, -0.15) is 0 Å². The number of hydrogen-bond acceptors (Lipinski definition) is 3. The Morgan fingerprint density at radius 3 is 2.95 bits per heavy atom. The molecule has 2 amide bonds. The molecule has 0 unspecified atom stereocenters. The van der Waals surface area contributed by atoms with Gasteiger partial charge < -0.3 is 15.0 Å². The quantitative estimate of drug-likeness (QED) is 0.863. The number of hydrogen-bond donors (Lipinski definition) is 1. The highest BCUT2D eigenvalue weighted by molar-refractivity contribution is 9.10. The topological polar surface area (TPSA) is 58.6 Å². The fraction of sp³-hybridized carbons (Fsp3) is 0.467. The molecule has 2 rings (SSSR count). The van der Waals surface area contributed by atoms with Gasteiger partial charge >= 0.3 is 0 Å². The minimum atomic E-state index is -0.517. The smallest absolute Gasteiger partial charge is 0.229 e. The Bertz CT molecular complexity index is 582. The lowest BCUT2D eigenvalue weighted by Gasteiger charge is -2.23. The van der Waals surface area contributed by atoms with Crippen molar-refractivity contribution in [1.82, 2.24) is 4.90 Å². The maximum atomic E-state index is 13.7. The van der Waals surface area contributed by atoms with E-state index in [0.717, 1.165) is 0 Å². The zero-order valence-electron chi connectivity index (χ0n) is 12.4. The van der Waals surface area contributed by atoms with Crippen molar-refractivity contribution in [1.29, 1.82) is 0 Å². The maximum absolute atomic E-state index is 13.7. The second-order valence-electron chi connectivity index (χ2n) is 5.36. The van der Waals surface area contributed by atoms with Gasteiger partial charge in [-0.05, 0) is 25.1 Å². The van der Waals surface area contributed by atoms with E-state index in [1.165, 1.54) is 12.1 Å². The molecule has 120 valence electrons. The van der Waals surface area contributed by atoms with E-state index in [-0.39, 0.29) is 30.0 Å². The zero-order chi connectivity index (χ0) is 16.3. The zero-order valence-corrected chi connectivity index (χ0v) is 14.0. The molecule has 1 heterocycles. The van der Waals surface area contributed by atoms with Crippen LogP contribution in [0.25, 0.3) is 0 Å². The molecule has 2 atom stereocenters. The summed E-state index contributed by atoms with van der Waals surface area (Å²) in [5.74, 6) is -1.42. The van der Waals surface area contributed by atoms with Crippen LogP contribution >= 0.6 is 15.9 Å². The minimum absolute atomic E-state index is 0.0824. The van der Waals surface area contributed by atoms with Gasteiger partial charge in [0.2, 0.25) is 11.8 Å². The molecule has 22 heavy (non-hydrogen) atoms. The number of ether oxygens (including phenoxy) is 1. The maximum Gasteiger partial charge on any atom is 0.229 e. The molecule has 1 fully saturated rings. The number of methoxy groups -OCH3 is 1. The average Bonchev–Trinajstić information content (AvgIpc) is 2.84. The Morgan fingerprint density at radius 1 is 1.59 bits per heavy atom. The van der Waals surface area contributed by atoms with Crippen LogP contribution in [0, 0.1) is 11.7 Å².